The van der Waals surface area contributed by atoms with Crippen LogP contribution in [0.4, 0.5) is 8.78 Å². The minimum absolute atomic E-state index is 0.0144. The number of hydrogen-bond donors (Lipinski definition) is 1. The Hall–Kier alpha value is -1.21. The number of benzene rings is 2. The highest BCUT2D eigenvalue weighted by Crippen LogP contribution is 2.28. The van der Waals surface area contributed by atoms with Crippen LogP contribution in [0.15, 0.2) is 48.5 Å². The summed E-state index contributed by atoms with van der Waals surface area (Å²) in [6.45, 7) is -2.90. The zero-order valence-electron chi connectivity index (χ0n) is 10.5. The molecule has 0 aromatic heterocycles. The molecule has 1 atom stereocenters. The highest BCUT2D eigenvalue weighted by atomic mass is 127. The lowest BCUT2D eigenvalue weighted by molar-refractivity contribution is -0.0515. The average molecular weight is 390 g/mol. The van der Waals surface area contributed by atoms with Crippen LogP contribution >= 0.6 is 22.6 Å². The zero-order valence-corrected chi connectivity index (χ0v) is 12.6. The molecule has 0 amide bonds. The van der Waals surface area contributed by atoms with Gasteiger partial charge < -0.3 is 9.84 Å². The Labute approximate surface area is 129 Å². The molecule has 2 aromatic carbocycles. The maximum absolute atomic E-state index is 12.3. The molecule has 0 heterocycles. The van der Waals surface area contributed by atoms with Crippen molar-refractivity contribution < 1.29 is 18.6 Å². The van der Waals surface area contributed by atoms with Gasteiger partial charge in [0.25, 0.3) is 0 Å². The second-order valence-electron chi connectivity index (χ2n) is 4.26. The van der Waals surface area contributed by atoms with Gasteiger partial charge in [-0.05, 0) is 46.4 Å². The van der Waals surface area contributed by atoms with E-state index in [-0.39, 0.29) is 5.75 Å². The number of aliphatic hydroxyl groups is 1. The van der Waals surface area contributed by atoms with Gasteiger partial charge in [-0.1, -0.05) is 30.3 Å². The van der Waals surface area contributed by atoms with E-state index < -0.39 is 12.7 Å². The number of hydrogen-bond acceptors (Lipinski definition) is 2. The normalized spacial score (nSPS) is 12.4. The van der Waals surface area contributed by atoms with Crippen LogP contribution in [0.2, 0.25) is 0 Å². The first kappa shape index (κ1) is 15.2. The Morgan fingerprint density at radius 1 is 1.05 bits per heavy atom. The SMILES string of the molecule is OC(Cc1ccc(I)cc1)c1ccccc1OC(F)F. The highest BCUT2D eigenvalue weighted by molar-refractivity contribution is 14.1. The smallest absolute Gasteiger partial charge is 0.387 e. The summed E-state index contributed by atoms with van der Waals surface area (Å²) in [6, 6.07) is 14.0. The summed E-state index contributed by atoms with van der Waals surface area (Å²) in [6.07, 6.45) is -0.536. The summed E-state index contributed by atoms with van der Waals surface area (Å²) >= 11 is 2.19. The van der Waals surface area contributed by atoms with Gasteiger partial charge in [-0.3, -0.25) is 0 Å². The Morgan fingerprint density at radius 2 is 1.70 bits per heavy atom. The van der Waals surface area contributed by atoms with Crippen molar-refractivity contribution in [2.24, 2.45) is 0 Å². The molecule has 20 heavy (non-hydrogen) atoms. The zero-order chi connectivity index (χ0) is 14.5. The largest absolute Gasteiger partial charge is 0.434 e. The van der Waals surface area contributed by atoms with Crippen molar-refractivity contribution in [2.45, 2.75) is 19.1 Å². The predicted molar refractivity (Wildman–Crippen MR) is 80.9 cm³/mol. The minimum atomic E-state index is -2.90. The summed E-state index contributed by atoms with van der Waals surface area (Å²) in [4.78, 5) is 0. The van der Waals surface area contributed by atoms with Crippen molar-refractivity contribution in [1.82, 2.24) is 0 Å². The Morgan fingerprint density at radius 3 is 2.35 bits per heavy atom. The molecule has 1 N–H and O–H groups in total. The molecule has 1 unspecified atom stereocenters. The Balaban J connectivity index is 2.16. The van der Waals surface area contributed by atoms with Gasteiger partial charge in [0.05, 0.1) is 6.10 Å². The fourth-order valence-corrected chi connectivity index (χ4v) is 2.27. The molecule has 106 valence electrons. The molecule has 0 aliphatic heterocycles. The van der Waals surface area contributed by atoms with Crippen LogP contribution in [-0.2, 0) is 6.42 Å². The molecule has 0 bridgehead atoms. The number of alkyl halides is 2. The van der Waals surface area contributed by atoms with Gasteiger partial charge in [0.15, 0.2) is 0 Å². The molecule has 0 saturated heterocycles. The van der Waals surface area contributed by atoms with Gasteiger partial charge in [0.2, 0.25) is 0 Å². The molecule has 0 radical (unpaired) electrons. The van der Waals surface area contributed by atoms with Crippen molar-refractivity contribution in [3.8, 4) is 5.75 Å². The summed E-state index contributed by atoms with van der Waals surface area (Å²) in [5.41, 5.74) is 1.30. The summed E-state index contributed by atoms with van der Waals surface area (Å²) in [5, 5.41) is 10.2. The molecule has 0 saturated carbocycles. The van der Waals surface area contributed by atoms with Crippen molar-refractivity contribution in [2.75, 3.05) is 0 Å². The lowest BCUT2D eigenvalue weighted by Gasteiger charge is -2.16. The van der Waals surface area contributed by atoms with Crippen LogP contribution in [-0.4, -0.2) is 11.7 Å². The van der Waals surface area contributed by atoms with Crippen LogP contribution in [0.5, 0.6) is 5.75 Å². The van der Waals surface area contributed by atoms with E-state index in [1.165, 1.54) is 6.07 Å². The van der Waals surface area contributed by atoms with Crippen molar-refractivity contribution in [3.05, 3.63) is 63.2 Å². The number of ether oxygens (including phenoxy) is 1. The van der Waals surface area contributed by atoms with E-state index in [0.717, 1.165) is 9.13 Å². The van der Waals surface area contributed by atoms with Crippen molar-refractivity contribution in [1.29, 1.82) is 0 Å². The second kappa shape index (κ2) is 6.99. The van der Waals surface area contributed by atoms with Crippen LogP contribution < -0.4 is 4.74 Å². The molecule has 2 nitrogen and oxygen atoms in total. The van der Waals surface area contributed by atoms with Crippen molar-refractivity contribution in [3.63, 3.8) is 0 Å². The summed E-state index contributed by atoms with van der Waals surface area (Å²) < 4.78 is 30.2. The minimum Gasteiger partial charge on any atom is -0.434 e. The number of para-hydroxylation sites is 1. The fraction of sp³-hybridized carbons (Fsp3) is 0.200. The third-order valence-corrected chi connectivity index (χ3v) is 3.56. The quantitative estimate of drug-likeness (QED) is 0.777. The first-order valence-electron chi connectivity index (χ1n) is 6.02. The van der Waals surface area contributed by atoms with Gasteiger partial charge in [-0.2, -0.15) is 8.78 Å². The standard InChI is InChI=1S/C15H13F2IO2/c16-15(17)20-14-4-2-1-3-12(14)13(19)9-10-5-7-11(18)8-6-10/h1-8,13,15,19H,9H2. The molecule has 2 aromatic rings. The van der Waals surface area contributed by atoms with Crippen LogP contribution in [0, 0.1) is 3.57 Å². The molecule has 0 fully saturated rings. The average Bonchev–Trinajstić information content (AvgIpc) is 2.41. The van der Waals surface area contributed by atoms with Gasteiger partial charge >= 0.3 is 6.61 Å². The third kappa shape index (κ3) is 4.14. The van der Waals surface area contributed by atoms with E-state index in [1.807, 2.05) is 24.3 Å². The van der Waals surface area contributed by atoms with E-state index in [1.54, 1.807) is 18.2 Å². The summed E-state index contributed by atoms with van der Waals surface area (Å²) in [5.74, 6) is 0.0144. The third-order valence-electron chi connectivity index (χ3n) is 2.84. The summed E-state index contributed by atoms with van der Waals surface area (Å²) in [7, 11) is 0. The van der Waals surface area contributed by atoms with E-state index in [4.69, 9.17) is 0 Å². The maximum atomic E-state index is 12.3. The lowest BCUT2D eigenvalue weighted by atomic mass is 10.0. The lowest BCUT2D eigenvalue weighted by Crippen LogP contribution is -2.08. The van der Waals surface area contributed by atoms with Gasteiger partial charge in [0.1, 0.15) is 5.75 Å². The van der Waals surface area contributed by atoms with Gasteiger partial charge in [0, 0.05) is 15.6 Å². The first-order chi connectivity index (χ1) is 9.56. The number of rotatable bonds is 5. The monoisotopic (exact) mass is 390 g/mol. The predicted octanol–water partition coefficient (Wildman–Crippen LogP) is 4.17. The molecule has 0 spiro atoms. The van der Waals surface area contributed by atoms with E-state index in [2.05, 4.69) is 27.3 Å². The Bertz CT molecular complexity index is 558. The maximum Gasteiger partial charge on any atom is 0.387 e. The van der Waals surface area contributed by atoms with E-state index in [0.29, 0.717) is 12.0 Å². The van der Waals surface area contributed by atoms with Crippen LogP contribution in [0.3, 0.4) is 0 Å². The highest BCUT2D eigenvalue weighted by Gasteiger charge is 2.16. The van der Waals surface area contributed by atoms with E-state index in [9.17, 15) is 13.9 Å². The number of halogens is 3. The van der Waals surface area contributed by atoms with E-state index >= 15 is 0 Å². The molecular formula is C15H13F2IO2. The van der Waals surface area contributed by atoms with Gasteiger partial charge in [-0.15, -0.1) is 0 Å². The first-order valence-corrected chi connectivity index (χ1v) is 7.10. The molecule has 5 heteroatoms. The molecule has 0 aliphatic carbocycles. The Kier molecular flexibility index (Phi) is 5.31. The van der Waals surface area contributed by atoms with Crippen LogP contribution in [0.25, 0.3) is 0 Å². The fourth-order valence-electron chi connectivity index (χ4n) is 1.91. The van der Waals surface area contributed by atoms with Crippen molar-refractivity contribution >= 4 is 22.6 Å². The topological polar surface area (TPSA) is 29.5 Å². The van der Waals surface area contributed by atoms with Gasteiger partial charge in [-0.25, -0.2) is 0 Å². The molecule has 0 aliphatic rings. The molecular weight excluding hydrogens is 377 g/mol. The second-order valence-corrected chi connectivity index (χ2v) is 5.51. The molecule has 2 rings (SSSR count). The number of aliphatic hydroxyl groups excluding tert-OH is 1. The van der Waals surface area contributed by atoms with Crippen LogP contribution in [0.1, 0.15) is 17.2 Å².